The average Bonchev–Trinajstić information content (AvgIpc) is 3.73. The van der Waals surface area contributed by atoms with Crippen molar-refractivity contribution in [2.75, 3.05) is 0 Å². The van der Waals surface area contributed by atoms with Gasteiger partial charge in [-0.25, -0.2) is 0 Å². The minimum atomic E-state index is -0.0915. The highest BCUT2D eigenvalue weighted by Gasteiger charge is 2.38. The van der Waals surface area contributed by atoms with Crippen molar-refractivity contribution in [2.45, 2.75) is 19.3 Å². The SMILES string of the molecule is CC1(C)c2ccc3ccccc3c2-c2ccc3c(sc4cc(-c5c6ccccc6c(-c6cccc(-c7ccc8ccccc8c7)c6)c6ccccc56)ccc43)c21. The second-order valence-electron chi connectivity index (χ2n) is 16.0. The van der Waals surface area contributed by atoms with Gasteiger partial charge >= 0.3 is 0 Å². The normalized spacial score (nSPS) is 13.3. The Hall–Kier alpha value is -6.54. The Balaban J connectivity index is 1.05. The average molecular weight is 729 g/mol. The Labute approximate surface area is 329 Å². The highest BCUT2D eigenvalue weighted by Crippen LogP contribution is 2.56. The summed E-state index contributed by atoms with van der Waals surface area (Å²) in [5, 5.41) is 13.0. The second-order valence-corrected chi connectivity index (χ2v) is 17.0. The predicted octanol–water partition coefficient (Wildman–Crippen LogP) is 16.0. The van der Waals surface area contributed by atoms with Crippen molar-refractivity contribution in [3.05, 3.63) is 193 Å². The molecule has 0 unspecified atom stereocenters. The van der Waals surface area contributed by atoms with Crippen LogP contribution in [0.25, 0.3) is 108 Å². The van der Waals surface area contributed by atoms with E-state index in [-0.39, 0.29) is 5.41 Å². The van der Waals surface area contributed by atoms with Crippen molar-refractivity contribution < 1.29 is 0 Å². The van der Waals surface area contributed by atoms with Crippen molar-refractivity contribution in [3.8, 4) is 44.5 Å². The Kier molecular flexibility index (Phi) is 6.66. The highest BCUT2D eigenvalue weighted by molar-refractivity contribution is 7.26. The zero-order chi connectivity index (χ0) is 37.1. The van der Waals surface area contributed by atoms with Gasteiger partial charge < -0.3 is 0 Å². The maximum Gasteiger partial charge on any atom is 0.0402 e. The summed E-state index contributed by atoms with van der Waals surface area (Å²) in [7, 11) is 0. The van der Waals surface area contributed by atoms with Crippen LogP contribution < -0.4 is 0 Å². The third kappa shape index (κ3) is 4.47. The van der Waals surface area contributed by atoms with Gasteiger partial charge in [-0.3, -0.25) is 0 Å². The Bertz CT molecular complexity index is 3390. The van der Waals surface area contributed by atoms with Gasteiger partial charge in [0.15, 0.2) is 0 Å². The molecule has 0 saturated carbocycles. The molecule has 0 saturated heterocycles. The molecule has 0 amide bonds. The first-order valence-corrected chi connectivity index (χ1v) is 20.4. The molecule has 0 atom stereocenters. The van der Waals surface area contributed by atoms with Crippen LogP contribution >= 0.6 is 11.3 Å². The molecule has 12 rings (SSSR count). The lowest BCUT2D eigenvalue weighted by Gasteiger charge is -2.22. The summed E-state index contributed by atoms with van der Waals surface area (Å²) in [5.41, 5.74) is 13.1. The quantitative estimate of drug-likeness (QED) is 0.159. The van der Waals surface area contributed by atoms with Gasteiger partial charge in [0.05, 0.1) is 0 Å². The van der Waals surface area contributed by atoms with Gasteiger partial charge in [-0.05, 0) is 117 Å². The molecule has 1 heterocycles. The highest BCUT2D eigenvalue weighted by atomic mass is 32.1. The van der Waals surface area contributed by atoms with E-state index in [1.165, 1.54) is 119 Å². The van der Waals surface area contributed by atoms with Crippen molar-refractivity contribution in [3.63, 3.8) is 0 Å². The molecule has 0 spiro atoms. The molecule has 1 aliphatic rings. The van der Waals surface area contributed by atoms with Crippen LogP contribution in [0.4, 0.5) is 0 Å². The van der Waals surface area contributed by atoms with E-state index >= 15 is 0 Å². The van der Waals surface area contributed by atoms with Crippen LogP contribution in [0.3, 0.4) is 0 Å². The van der Waals surface area contributed by atoms with E-state index in [1.54, 1.807) is 0 Å². The number of rotatable bonds is 3. The number of fused-ring (bicyclic) bond motifs is 12. The first kappa shape index (κ1) is 31.8. The molecular weight excluding hydrogens is 693 g/mol. The lowest BCUT2D eigenvalue weighted by Crippen LogP contribution is -2.15. The number of hydrogen-bond acceptors (Lipinski definition) is 1. The molecule has 0 N–H and O–H groups in total. The second kappa shape index (κ2) is 11.7. The predicted molar refractivity (Wildman–Crippen MR) is 243 cm³/mol. The number of benzene rings is 10. The number of thiophene rings is 1. The van der Waals surface area contributed by atoms with E-state index in [9.17, 15) is 0 Å². The summed E-state index contributed by atoms with van der Waals surface area (Å²) in [4.78, 5) is 0. The van der Waals surface area contributed by atoms with E-state index in [0.717, 1.165) is 0 Å². The van der Waals surface area contributed by atoms with Gasteiger partial charge in [-0.2, -0.15) is 0 Å². The molecule has 10 aromatic carbocycles. The van der Waals surface area contributed by atoms with Gasteiger partial charge in [0.25, 0.3) is 0 Å². The lowest BCUT2D eigenvalue weighted by atomic mass is 9.81. The van der Waals surface area contributed by atoms with Gasteiger partial charge in [-0.15, -0.1) is 11.3 Å². The van der Waals surface area contributed by atoms with Crippen molar-refractivity contribution in [2.24, 2.45) is 0 Å². The summed E-state index contributed by atoms with van der Waals surface area (Å²) in [6.07, 6.45) is 0. The van der Waals surface area contributed by atoms with Crippen LogP contribution in [-0.2, 0) is 5.41 Å². The molecule has 1 aromatic heterocycles. The van der Waals surface area contributed by atoms with Crippen molar-refractivity contribution >= 4 is 74.6 Å². The lowest BCUT2D eigenvalue weighted by molar-refractivity contribution is 0.667. The Morgan fingerprint density at radius 1 is 0.357 bits per heavy atom. The van der Waals surface area contributed by atoms with Crippen molar-refractivity contribution in [1.82, 2.24) is 0 Å². The van der Waals surface area contributed by atoms with Gasteiger partial charge in [0, 0.05) is 25.6 Å². The van der Waals surface area contributed by atoms with Crippen molar-refractivity contribution in [1.29, 1.82) is 0 Å². The molecule has 11 aromatic rings. The van der Waals surface area contributed by atoms with E-state index in [4.69, 9.17) is 0 Å². The third-order valence-corrected chi connectivity index (χ3v) is 13.8. The zero-order valence-electron chi connectivity index (χ0n) is 31.2. The van der Waals surface area contributed by atoms with Gasteiger partial charge in [0.2, 0.25) is 0 Å². The summed E-state index contributed by atoms with van der Waals surface area (Å²) >= 11 is 1.97. The minimum absolute atomic E-state index is 0.0915. The largest absolute Gasteiger partial charge is 0.135 e. The third-order valence-electron chi connectivity index (χ3n) is 12.6. The van der Waals surface area contributed by atoms with Crippen LogP contribution in [0.2, 0.25) is 0 Å². The standard InChI is InChI=1S/C55H36S/c1-55(2)48-29-25-34-13-5-6-17-40(34)52(48)47-28-27-46-41-26-24-39(32-49(41)56-54(46)53(47)55)51-44-20-9-7-18-42(44)50(43-19-8-10-21-45(43)51)38-16-11-15-36(31-38)37-23-22-33-12-3-4-14-35(33)30-37/h3-32H,1-2H3. The molecule has 0 fully saturated rings. The van der Waals surface area contributed by atoms with E-state index < -0.39 is 0 Å². The molecule has 262 valence electrons. The topological polar surface area (TPSA) is 0 Å². The van der Waals surface area contributed by atoms with Crippen LogP contribution in [0.1, 0.15) is 25.0 Å². The zero-order valence-corrected chi connectivity index (χ0v) is 32.0. The first-order valence-electron chi connectivity index (χ1n) is 19.6. The monoisotopic (exact) mass is 728 g/mol. The fourth-order valence-electron chi connectivity index (χ4n) is 10.0. The van der Waals surface area contributed by atoms with Crippen LogP contribution in [-0.4, -0.2) is 0 Å². The molecular formula is C55H36S. The van der Waals surface area contributed by atoms with Gasteiger partial charge in [-0.1, -0.05) is 178 Å². The summed E-state index contributed by atoms with van der Waals surface area (Å²) in [6, 6.07) is 68.1. The van der Waals surface area contributed by atoms with E-state index in [2.05, 4.69) is 196 Å². The summed E-state index contributed by atoms with van der Waals surface area (Å²) in [5.74, 6) is 0. The summed E-state index contributed by atoms with van der Waals surface area (Å²) < 4.78 is 2.75. The van der Waals surface area contributed by atoms with Crippen LogP contribution in [0.5, 0.6) is 0 Å². The van der Waals surface area contributed by atoms with Crippen LogP contribution in [0, 0.1) is 0 Å². The molecule has 1 heteroatoms. The van der Waals surface area contributed by atoms with E-state index in [0.29, 0.717) is 0 Å². The fourth-order valence-corrected chi connectivity index (χ4v) is 11.5. The molecule has 0 radical (unpaired) electrons. The van der Waals surface area contributed by atoms with Crippen LogP contribution in [0.15, 0.2) is 182 Å². The Morgan fingerprint density at radius 3 is 1.64 bits per heavy atom. The molecule has 0 nitrogen and oxygen atoms in total. The smallest absolute Gasteiger partial charge is 0.0402 e. The molecule has 0 bridgehead atoms. The molecule has 0 aliphatic heterocycles. The molecule has 56 heavy (non-hydrogen) atoms. The first-order chi connectivity index (χ1) is 27.5. The Morgan fingerprint density at radius 2 is 0.911 bits per heavy atom. The number of hydrogen-bond donors (Lipinski definition) is 0. The van der Waals surface area contributed by atoms with Gasteiger partial charge in [0.1, 0.15) is 0 Å². The maximum absolute atomic E-state index is 2.46. The fraction of sp³-hybridized carbons (Fsp3) is 0.0545. The summed E-state index contributed by atoms with van der Waals surface area (Å²) in [6.45, 7) is 4.83. The minimum Gasteiger partial charge on any atom is -0.135 e. The van der Waals surface area contributed by atoms with E-state index in [1.807, 2.05) is 11.3 Å². The molecule has 1 aliphatic carbocycles. The maximum atomic E-state index is 2.46.